The van der Waals surface area contributed by atoms with E-state index < -0.39 is 0 Å². The maximum absolute atomic E-state index is 12.7. The van der Waals surface area contributed by atoms with Gasteiger partial charge in [0.25, 0.3) is 0 Å². The second kappa shape index (κ2) is 21.3. The van der Waals surface area contributed by atoms with Gasteiger partial charge in [0.15, 0.2) is 0 Å². The third-order valence-electron chi connectivity index (χ3n) is 13.1. The number of hydrogen-bond donors (Lipinski definition) is 2. The first-order valence-corrected chi connectivity index (χ1v) is 28.8. The second-order valence-corrected chi connectivity index (χ2v) is 27.9. The Labute approximate surface area is 422 Å². The SMILES string of the molecule is CC(C)(C)c1cc2c(O)c(c1)Cc1cc(C(C)(C)C)cc(c1OCCC[Se]c1ccccc1)Cc1cc(C(C)(C)C)cc(c1O)Cc1cc(C(C)(C)C)cc(c1OCCC[Se]c1ccccc1)C2. The average molecular weight is 1040 g/mol. The molecule has 1 aliphatic carbocycles. The summed E-state index contributed by atoms with van der Waals surface area (Å²) < 4.78 is 16.9. The van der Waals surface area contributed by atoms with Crippen molar-refractivity contribution < 1.29 is 19.7 Å². The van der Waals surface area contributed by atoms with Gasteiger partial charge in [0.2, 0.25) is 0 Å². The number of rotatable bonds is 12. The molecular formula is C62H76O4Se2. The zero-order valence-electron chi connectivity index (χ0n) is 43.0. The molecule has 0 amide bonds. The summed E-state index contributed by atoms with van der Waals surface area (Å²) in [5.41, 5.74) is 12.0. The number of phenolic OH excluding ortho intramolecular Hbond substituents is 2. The molecule has 360 valence electrons. The summed E-state index contributed by atoms with van der Waals surface area (Å²) in [6.07, 6.45) is 3.88. The summed E-state index contributed by atoms with van der Waals surface area (Å²) in [6.45, 7) is 28.3. The number of benzene rings is 6. The summed E-state index contributed by atoms with van der Waals surface area (Å²) in [4.78, 5) is 0. The molecule has 2 N–H and O–H groups in total. The van der Waals surface area contributed by atoms with Crippen molar-refractivity contribution in [2.45, 2.75) is 154 Å². The third kappa shape index (κ3) is 13.0. The topological polar surface area (TPSA) is 58.9 Å². The van der Waals surface area contributed by atoms with Crippen LogP contribution in [0.15, 0.2) is 109 Å². The van der Waals surface area contributed by atoms with E-state index in [0.717, 1.165) is 79.5 Å². The molecule has 1 aliphatic rings. The molecule has 0 heterocycles. The van der Waals surface area contributed by atoms with Crippen molar-refractivity contribution in [2.24, 2.45) is 0 Å². The fourth-order valence-corrected chi connectivity index (χ4v) is 12.5. The Morgan fingerprint density at radius 2 is 0.632 bits per heavy atom. The Morgan fingerprint density at radius 3 is 0.882 bits per heavy atom. The van der Waals surface area contributed by atoms with E-state index in [0.29, 0.717) is 80.3 Å². The first-order chi connectivity index (χ1) is 32.0. The standard InChI is InChI=1S/C62H76O4Se2/c1-59(2,3)49-33-41-29-45-37-51(61(7,8)9)39-47(57(45)65-25-19-27-67-53-21-15-13-16-22-53)31-43-35-50(60(4,5)6)36-44(56(43)64)32-48-40-52(62(10,11)12)38-46(30-42(34-49)55(41)63)58(48)66-26-20-28-68-54-23-17-14-18-24-54/h13-18,21-24,33-40,63-64H,19-20,25-32H2,1-12H3. The van der Waals surface area contributed by atoms with E-state index in [2.05, 4.69) is 192 Å². The van der Waals surface area contributed by atoms with Crippen LogP contribution in [-0.4, -0.2) is 53.3 Å². The van der Waals surface area contributed by atoms with Crippen molar-refractivity contribution in [3.05, 3.63) is 176 Å². The molecule has 8 bridgehead atoms. The van der Waals surface area contributed by atoms with E-state index in [4.69, 9.17) is 9.47 Å². The van der Waals surface area contributed by atoms with Crippen molar-refractivity contribution >= 4 is 38.8 Å². The number of aromatic hydroxyl groups is 2. The monoisotopic (exact) mass is 1040 g/mol. The molecule has 6 heteroatoms. The van der Waals surface area contributed by atoms with Crippen LogP contribution < -0.4 is 18.4 Å². The van der Waals surface area contributed by atoms with Crippen LogP contribution in [0.4, 0.5) is 0 Å². The van der Waals surface area contributed by atoms with E-state index in [1.807, 2.05) is 0 Å². The number of fused-ring (bicyclic) bond motifs is 8. The van der Waals surface area contributed by atoms with E-state index in [9.17, 15) is 10.2 Å². The Balaban J connectivity index is 1.42. The van der Waals surface area contributed by atoms with Crippen LogP contribution in [0.3, 0.4) is 0 Å². The Morgan fingerprint density at radius 1 is 0.382 bits per heavy atom. The van der Waals surface area contributed by atoms with Gasteiger partial charge in [-0.3, -0.25) is 0 Å². The zero-order chi connectivity index (χ0) is 49.0. The molecule has 0 atom stereocenters. The predicted molar refractivity (Wildman–Crippen MR) is 289 cm³/mol. The van der Waals surface area contributed by atoms with E-state index in [1.165, 1.54) is 31.2 Å². The predicted octanol–water partition coefficient (Wildman–Crippen LogP) is 13.4. The van der Waals surface area contributed by atoms with Crippen molar-refractivity contribution in [3.8, 4) is 23.0 Å². The van der Waals surface area contributed by atoms with Crippen molar-refractivity contribution in [1.82, 2.24) is 0 Å². The molecule has 0 aromatic heterocycles. The molecule has 0 spiro atoms. The molecule has 6 aromatic carbocycles. The second-order valence-electron chi connectivity index (χ2n) is 23.0. The Bertz CT molecular complexity index is 2390. The molecule has 6 aromatic rings. The van der Waals surface area contributed by atoms with Crippen LogP contribution in [0.25, 0.3) is 0 Å². The van der Waals surface area contributed by atoms with Crippen LogP contribution in [-0.2, 0) is 47.3 Å². The van der Waals surface area contributed by atoms with Crippen molar-refractivity contribution in [2.75, 3.05) is 13.2 Å². The van der Waals surface area contributed by atoms with Crippen molar-refractivity contribution in [3.63, 3.8) is 0 Å². The third-order valence-corrected chi connectivity index (χ3v) is 17.7. The fraction of sp³-hybridized carbons (Fsp3) is 0.419. The molecule has 0 aliphatic heterocycles. The maximum atomic E-state index is 12.7. The van der Waals surface area contributed by atoms with Crippen LogP contribution in [0, 0.1) is 0 Å². The van der Waals surface area contributed by atoms with E-state index in [1.54, 1.807) is 0 Å². The first kappa shape index (κ1) is 51.4. The van der Waals surface area contributed by atoms with Crippen molar-refractivity contribution in [1.29, 1.82) is 0 Å². The number of ether oxygens (including phenoxy) is 2. The van der Waals surface area contributed by atoms with Gasteiger partial charge in [0.05, 0.1) is 0 Å². The molecule has 0 saturated heterocycles. The Kier molecular flexibility index (Phi) is 16.1. The molecule has 0 radical (unpaired) electrons. The Hall–Kier alpha value is -4.44. The molecule has 0 saturated carbocycles. The quantitative estimate of drug-likeness (QED) is 0.0946. The van der Waals surface area contributed by atoms with Crippen LogP contribution in [0.2, 0.25) is 10.6 Å². The first-order valence-electron chi connectivity index (χ1n) is 24.7. The summed E-state index contributed by atoms with van der Waals surface area (Å²) in [6, 6.07) is 39.7. The van der Waals surface area contributed by atoms with Gasteiger partial charge in [-0.1, -0.05) is 0 Å². The van der Waals surface area contributed by atoms with Crippen LogP contribution >= 0.6 is 0 Å². The molecule has 0 unspecified atom stereocenters. The van der Waals surface area contributed by atoms with Crippen LogP contribution in [0.1, 0.15) is 163 Å². The number of phenols is 2. The van der Waals surface area contributed by atoms with Crippen LogP contribution in [0.5, 0.6) is 23.0 Å². The van der Waals surface area contributed by atoms with Gasteiger partial charge in [-0.15, -0.1) is 0 Å². The summed E-state index contributed by atoms with van der Waals surface area (Å²) in [7, 11) is 0. The number of hydrogen-bond acceptors (Lipinski definition) is 4. The van der Waals surface area contributed by atoms with E-state index >= 15 is 0 Å². The van der Waals surface area contributed by atoms with Gasteiger partial charge in [-0.2, -0.15) is 0 Å². The molecular weight excluding hydrogens is 967 g/mol. The zero-order valence-corrected chi connectivity index (χ0v) is 46.4. The van der Waals surface area contributed by atoms with Gasteiger partial charge in [0.1, 0.15) is 0 Å². The fourth-order valence-electron chi connectivity index (χ4n) is 8.90. The summed E-state index contributed by atoms with van der Waals surface area (Å²) in [5, 5.41) is 27.6. The van der Waals surface area contributed by atoms with Gasteiger partial charge >= 0.3 is 425 Å². The summed E-state index contributed by atoms with van der Waals surface area (Å²) in [5.74, 6) is 2.40. The minimum atomic E-state index is -0.167. The van der Waals surface area contributed by atoms with Gasteiger partial charge < -0.3 is 0 Å². The molecule has 4 nitrogen and oxygen atoms in total. The molecule has 0 fully saturated rings. The van der Waals surface area contributed by atoms with E-state index in [-0.39, 0.29) is 21.7 Å². The van der Waals surface area contributed by atoms with Gasteiger partial charge in [-0.05, 0) is 0 Å². The summed E-state index contributed by atoms with van der Waals surface area (Å²) >= 11 is 0.727. The molecule has 7 rings (SSSR count). The van der Waals surface area contributed by atoms with Gasteiger partial charge in [-0.25, -0.2) is 0 Å². The molecule has 68 heavy (non-hydrogen) atoms. The minimum absolute atomic E-state index is 0.158. The normalized spacial score (nSPS) is 13.4. The van der Waals surface area contributed by atoms with Gasteiger partial charge in [0, 0.05) is 0 Å². The average Bonchev–Trinajstić information content (AvgIpc) is 3.26.